The highest BCUT2D eigenvalue weighted by Gasteiger charge is 2.37. The van der Waals surface area contributed by atoms with E-state index in [2.05, 4.69) is 0 Å². The molecule has 1 fully saturated rings. The second kappa shape index (κ2) is 13.1. The van der Waals surface area contributed by atoms with Crippen molar-refractivity contribution in [2.75, 3.05) is 34.5 Å². The van der Waals surface area contributed by atoms with Gasteiger partial charge in [0.15, 0.2) is 11.5 Å². The number of aryl methyl sites for hydroxylation is 1. The van der Waals surface area contributed by atoms with Gasteiger partial charge in [0.1, 0.15) is 6.10 Å². The van der Waals surface area contributed by atoms with Crippen LogP contribution in [-0.2, 0) is 21.3 Å². The summed E-state index contributed by atoms with van der Waals surface area (Å²) in [6.45, 7) is 0.476. The number of hydrogen-bond acceptors (Lipinski definition) is 7. The van der Waals surface area contributed by atoms with Gasteiger partial charge in [0.25, 0.3) is 16.0 Å². The number of halogens is 3. The van der Waals surface area contributed by atoms with Crippen molar-refractivity contribution < 1.29 is 36.7 Å². The van der Waals surface area contributed by atoms with Gasteiger partial charge in [-0.2, -0.15) is 8.42 Å². The zero-order chi connectivity index (χ0) is 29.9. The van der Waals surface area contributed by atoms with Gasteiger partial charge in [-0.05, 0) is 66.4 Å². The number of methoxy groups -OCH3 is 3. The van der Waals surface area contributed by atoms with Crippen LogP contribution in [0.1, 0.15) is 34.0 Å². The Balaban J connectivity index is 1.77. The normalized spacial score (nSPS) is 17.3. The quantitative estimate of drug-likeness (QED) is 0.277. The SMILES string of the molecule is COc1cc(C(=O)N2CCOC(c3ccc(Cl)c(Cl)c3)C2CCc2cc(Cl)ccc2S(=O)(=O)O)cc(OC)c1OC. The Morgan fingerprint density at radius 1 is 0.976 bits per heavy atom. The molecular formula is C28H28Cl3NO8S. The molecule has 0 radical (unpaired) electrons. The molecule has 1 aliphatic heterocycles. The van der Waals surface area contributed by atoms with E-state index in [0.717, 1.165) is 0 Å². The van der Waals surface area contributed by atoms with Crippen molar-refractivity contribution in [1.82, 2.24) is 4.90 Å². The molecule has 220 valence electrons. The Hall–Kier alpha value is -2.73. The van der Waals surface area contributed by atoms with E-state index in [1.54, 1.807) is 35.2 Å². The minimum absolute atomic E-state index is 0.153. The predicted octanol–water partition coefficient (Wildman–Crippen LogP) is 6.13. The summed E-state index contributed by atoms with van der Waals surface area (Å²) < 4.78 is 56.4. The van der Waals surface area contributed by atoms with Crippen molar-refractivity contribution in [3.63, 3.8) is 0 Å². The third-order valence-electron chi connectivity index (χ3n) is 6.83. The van der Waals surface area contributed by atoms with Crippen LogP contribution in [-0.4, -0.2) is 64.3 Å². The van der Waals surface area contributed by atoms with Crippen molar-refractivity contribution in [2.24, 2.45) is 0 Å². The molecule has 0 spiro atoms. The zero-order valence-corrected chi connectivity index (χ0v) is 25.5. The monoisotopic (exact) mass is 643 g/mol. The summed E-state index contributed by atoms with van der Waals surface area (Å²) in [5.74, 6) is 0.650. The Morgan fingerprint density at radius 2 is 1.66 bits per heavy atom. The fourth-order valence-electron chi connectivity index (χ4n) is 4.95. The van der Waals surface area contributed by atoms with Crippen LogP contribution < -0.4 is 14.2 Å². The summed E-state index contributed by atoms with van der Waals surface area (Å²) in [6.07, 6.45) is -0.220. The average molecular weight is 645 g/mol. The Bertz CT molecular complexity index is 1520. The number of ether oxygens (including phenoxy) is 4. The number of rotatable bonds is 9. The van der Waals surface area contributed by atoms with Crippen LogP contribution in [0, 0.1) is 0 Å². The molecule has 3 aromatic carbocycles. The first-order valence-corrected chi connectivity index (χ1v) is 15.0. The molecule has 2 unspecified atom stereocenters. The Morgan fingerprint density at radius 3 is 2.24 bits per heavy atom. The lowest BCUT2D eigenvalue weighted by Gasteiger charge is -2.42. The lowest BCUT2D eigenvalue weighted by atomic mass is 9.93. The molecule has 4 rings (SSSR count). The second-order valence-corrected chi connectivity index (χ2v) is 11.9. The van der Waals surface area contributed by atoms with E-state index in [9.17, 15) is 17.8 Å². The Kier molecular flexibility index (Phi) is 9.94. The fourth-order valence-corrected chi connectivity index (χ4v) is 6.19. The molecule has 9 nitrogen and oxygen atoms in total. The first-order valence-electron chi connectivity index (χ1n) is 12.4. The van der Waals surface area contributed by atoms with Gasteiger partial charge in [0.05, 0.1) is 48.9 Å². The first-order chi connectivity index (χ1) is 19.5. The molecule has 41 heavy (non-hydrogen) atoms. The molecule has 2 atom stereocenters. The van der Waals surface area contributed by atoms with Gasteiger partial charge in [-0.25, -0.2) is 0 Å². The van der Waals surface area contributed by atoms with E-state index in [1.807, 2.05) is 0 Å². The van der Waals surface area contributed by atoms with E-state index in [4.69, 9.17) is 53.8 Å². The molecule has 0 bridgehead atoms. The fraction of sp³-hybridized carbons (Fsp3) is 0.321. The number of hydrogen-bond donors (Lipinski definition) is 1. The standard InChI is InChI=1S/C28H28Cl3NO8S/c1-37-23-14-18(15-24(38-2)27(23)39-3)28(33)32-10-11-40-26(17-4-7-20(30)21(31)13-17)22(32)8-5-16-12-19(29)6-9-25(16)41(34,35)36/h4,6-7,9,12-15,22,26H,5,8,10-11H2,1-3H3,(H,34,35,36). The largest absolute Gasteiger partial charge is 0.493 e. The molecule has 0 aromatic heterocycles. The summed E-state index contributed by atoms with van der Waals surface area (Å²) in [5, 5.41) is 0.992. The van der Waals surface area contributed by atoms with E-state index in [0.29, 0.717) is 49.0 Å². The van der Waals surface area contributed by atoms with Gasteiger partial charge >= 0.3 is 0 Å². The number of nitrogens with zero attached hydrogens (tertiary/aromatic N) is 1. The third-order valence-corrected chi connectivity index (χ3v) is 8.76. The Labute approximate surface area is 253 Å². The highest BCUT2D eigenvalue weighted by atomic mass is 35.5. The molecule has 0 saturated carbocycles. The van der Waals surface area contributed by atoms with Gasteiger partial charge < -0.3 is 23.8 Å². The van der Waals surface area contributed by atoms with Crippen LogP contribution >= 0.6 is 34.8 Å². The summed E-state index contributed by atoms with van der Waals surface area (Å²) in [5.41, 5.74) is 1.28. The van der Waals surface area contributed by atoms with Crippen molar-refractivity contribution in [3.05, 3.63) is 80.3 Å². The summed E-state index contributed by atoms with van der Waals surface area (Å²) in [7, 11) is -0.127. The van der Waals surface area contributed by atoms with Gasteiger partial charge in [0, 0.05) is 17.1 Å². The molecule has 0 aliphatic carbocycles. The summed E-state index contributed by atoms with van der Waals surface area (Å²) in [6, 6.07) is 11.8. The maximum Gasteiger partial charge on any atom is 0.294 e. The van der Waals surface area contributed by atoms with Gasteiger partial charge in [-0.1, -0.05) is 40.9 Å². The van der Waals surface area contributed by atoms with Crippen LogP contribution in [0.4, 0.5) is 0 Å². The number of morpholine rings is 1. The van der Waals surface area contributed by atoms with Crippen molar-refractivity contribution >= 4 is 50.8 Å². The van der Waals surface area contributed by atoms with Crippen LogP contribution in [0.15, 0.2) is 53.4 Å². The van der Waals surface area contributed by atoms with Crippen molar-refractivity contribution in [1.29, 1.82) is 0 Å². The molecule has 1 heterocycles. The van der Waals surface area contributed by atoms with Crippen LogP contribution in [0.5, 0.6) is 17.2 Å². The summed E-state index contributed by atoms with van der Waals surface area (Å²) in [4.78, 5) is 15.5. The first kappa shape index (κ1) is 31.2. The molecule has 1 N–H and O–H groups in total. The van der Waals surface area contributed by atoms with Crippen molar-refractivity contribution in [2.45, 2.75) is 29.9 Å². The van der Waals surface area contributed by atoms with Crippen LogP contribution in [0.3, 0.4) is 0 Å². The lowest BCUT2D eigenvalue weighted by Crippen LogP contribution is -2.50. The third kappa shape index (κ3) is 6.85. The zero-order valence-electron chi connectivity index (χ0n) is 22.4. The van der Waals surface area contributed by atoms with Crippen LogP contribution in [0.25, 0.3) is 0 Å². The number of benzene rings is 3. The number of carbonyl (C=O) groups is 1. The van der Waals surface area contributed by atoms with Gasteiger partial charge in [-0.15, -0.1) is 0 Å². The molecule has 1 aliphatic rings. The predicted molar refractivity (Wildman–Crippen MR) is 156 cm³/mol. The maximum atomic E-state index is 14.0. The van der Waals surface area contributed by atoms with E-state index >= 15 is 0 Å². The molecule has 1 saturated heterocycles. The topological polar surface area (TPSA) is 112 Å². The smallest absolute Gasteiger partial charge is 0.294 e. The van der Waals surface area contributed by atoms with Gasteiger partial charge in [0.2, 0.25) is 5.75 Å². The van der Waals surface area contributed by atoms with E-state index < -0.39 is 22.3 Å². The molecule has 1 amide bonds. The minimum Gasteiger partial charge on any atom is -0.493 e. The highest BCUT2D eigenvalue weighted by Crippen LogP contribution is 2.40. The maximum absolute atomic E-state index is 14.0. The average Bonchev–Trinajstić information content (AvgIpc) is 2.95. The number of amides is 1. The summed E-state index contributed by atoms with van der Waals surface area (Å²) >= 11 is 18.6. The number of carbonyl (C=O) groups excluding carboxylic acids is 1. The highest BCUT2D eigenvalue weighted by molar-refractivity contribution is 7.85. The van der Waals surface area contributed by atoms with Crippen LogP contribution in [0.2, 0.25) is 15.1 Å². The van der Waals surface area contributed by atoms with E-state index in [1.165, 1.54) is 39.5 Å². The minimum atomic E-state index is -4.52. The second-order valence-electron chi connectivity index (χ2n) is 9.21. The molecule has 3 aromatic rings. The van der Waals surface area contributed by atoms with E-state index in [-0.39, 0.29) is 36.8 Å². The molecular weight excluding hydrogens is 617 g/mol. The van der Waals surface area contributed by atoms with Crippen molar-refractivity contribution in [3.8, 4) is 17.2 Å². The lowest BCUT2D eigenvalue weighted by molar-refractivity contribution is -0.0632. The molecule has 13 heteroatoms. The van der Waals surface area contributed by atoms with Gasteiger partial charge in [-0.3, -0.25) is 9.35 Å².